The minimum absolute atomic E-state index is 0.194. The molecular weight excluding hydrogens is 825 g/mol. The van der Waals surface area contributed by atoms with Crippen LogP contribution in [0.2, 0.25) is 0 Å². The largest absolute Gasteiger partial charge is 0.469 e. The lowest BCUT2D eigenvalue weighted by molar-refractivity contribution is -0.140. The molecule has 10 nitrogen and oxygen atoms in total. The van der Waals surface area contributed by atoms with Crippen molar-refractivity contribution in [2.75, 3.05) is 7.11 Å². The molecule has 8 rings (SSSR count). The van der Waals surface area contributed by atoms with E-state index < -0.39 is 0 Å². The van der Waals surface area contributed by atoms with Crippen LogP contribution in [-0.2, 0) is 28.8 Å². The third-order valence-electron chi connectivity index (χ3n) is 11.5. The number of esters is 1. The van der Waals surface area contributed by atoms with Gasteiger partial charge >= 0.3 is 5.97 Å². The quantitative estimate of drug-likeness (QED) is 0.0972. The number of carbonyl (C=O) groups is 1. The van der Waals surface area contributed by atoms with Crippen molar-refractivity contribution in [3.63, 3.8) is 0 Å². The number of nitrogens with zero attached hydrogens (tertiary/aromatic N) is 4. The number of aryl methyl sites for hydroxylation is 6. The molecule has 0 saturated heterocycles. The molecule has 0 amide bonds. The normalized spacial score (nSPS) is 10.6. The van der Waals surface area contributed by atoms with Gasteiger partial charge in [-0.1, -0.05) is 168 Å². The average molecular weight is 891 g/mol. The van der Waals surface area contributed by atoms with Gasteiger partial charge in [0.1, 0.15) is 45.8 Å². The molecule has 0 N–H and O–H groups in total. The molecule has 66 heavy (non-hydrogen) atoms. The number of methoxy groups -OCH3 is 1. The van der Waals surface area contributed by atoms with Crippen molar-refractivity contribution in [2.24, 2.45) is 0 Å². The standard InChI is InChI=1S/C15H17NO3.2C15H19NO.C11H11NO/c1-11-13(9-6-10-14(17)18-2)19-16-15(11)12-7-4-3-5-8-12;2*1-4-5-6-14-12(3)15(16-17-14)13-9-7-11(2)8-10-13;1-8-9(2)13-12-11(8)10-6-4-3-5-7-10/h3-5,7-8H,6,9-10H2,1-2H3;2*7-10H,4-6H2,1-3H3;3-7H,1-2H3. The lowest BCUT2D eigenvalue weighted by atomic mass is 10.0. The van der Waals surface area contributed by atoms with E-state index in [0.29, 0.717) is 19.3 Å². The molecule has 0 aliphatic heterocycles. The van der Waals surface area contributed by atoms with Crippen LogP contribution in [0.4, 0.5) is 0 Å². The first-order valence-corrected chi connectivity index (χ1v) is 23.1. The van der Waals surface area contributed by atoms with Crippen LogP contribution in [0.5, 0.6) is 0 Å². The molecule has 8 aromatic rings. The molecule has 0 atom stereocenters. The predicted molar refractivity (Wildman–Crippen MR) is 263 cm³/mol. The van der Waals surface area contributed by atoms with Crippen molar-refractivity contribution in [3.05, 3.63) is 166 Å². The topological polar surface area (TPSA) is 130 Å². The summed E-state index contributed by atoms with van der Waals surface area (Å²) >= 11 is 0. The van der Waals surface area contributed by atoms with Crippen LogP contribution in [0.1, 0.15) is 109 Å². The fourth-order valence-electron chi connectivity index (χ4n) is 7.09. The number of aromatic nitrogens is 4. The number of hydrogen-bond donors (Lipinski definition) is 0. The third-order valence-corrected chi connectivity index (χ3v) is 11.5. The van der Waals surface area contributed by atoms with E-state index in [1.165, 1.54) is 42.2 Å². The van der Waals surface area contributed by atoms with Gasteiger partial charge in [0.15, 0.2) is 0 Å². The van der Waals surface area contributed by atoms with Gasteiger partial charge < -0.3 is 22.8 Å². The van der Waals surface area contributed by atoms with Gasteiger partial charge in [0.25, 0.3) is 0 Å². The van der Waals surface area contributed by atoms with Gasteiger partial charge in [-0.05, 0) is 67.7 Å². The smallest absolute Gasteiger partial charge is 0.305 e. The highest BCUT2D eigenvalue weighted by molar-refractivity contribution is 5.69. The first-order chi connectivity index (χ1) is 31.9. The van der Waals surface area contributed by atoms with Crippen molar-refractivity contribution in [1.29, 1.82) is 0 Å². The fraction of sp³-hybridized carbons (Fsp3) is 0.339. The van der Waals surface area contributed by atoms with Crippen LogP contribution in [0.15, 0.2) is 127 Å². The minimum atomic E-state index is -0.194. The third kappa shape index (κ3) is 14.1. The Kier molecular flexibility index (Phi) is 19.5. The summed E-state index contributed by atoms with van der Waals surface area (Å²) in [5.74, 6) is 3.59. The molecule has 4 aromatic carbocycles. The van der Waals surface area contributed by atoms with E-state index in [-0.39, 0.29) is 5.97 Å². The van der Waals surface area contributed by atoms with Crippen LogP contribution in [-0.4, -0.2) is 33.7 Å². The molecule has 0 unspecified atom stereocenters. The van der Waals surface area contributed by atoms with E-state index in [2.05, 4.69) is 115 Å². The van der Waals surface area contributed by atoms with Crippen LogP contribution < -0.4 is 0 Å². The fourth-order valence-corrected chi connectivity index (χ4v) is 7.09. The Hall–Kier alpha value is -6.81. The number of benzene rings is 4. The number of carbonyl (C=O) groups excluding carboxylic acids is 1. The second-order valence-electron chi connectivity index (χ2n) is 16.6. The lowest BCUT2D eigenvalue weighted by Gasteiger charge is -1.99. The molecule has 0 bridgehead atoms. The van der Waals surface area contributed by atoms with Gasteiger partial charge in [-0.15, -0.1) is 0 Å². The highest BCUT2D eigenvalue weighted by Gasteiger charge is 2.16. The van der Waals surface area contributed by atoms with E-state index in [0.717, 1.165) is 105 Å². The zero-order valence-electron chi connectivity index (χ0n) is 40.5. The van der Waals surface area contributed by atoms with E-state index in [9.17, 15) is 4.79 Å². The Morgan fingerprint density at radius 1 is 0.439 bits per heavy atom. The van der Waals surface area contributed by atoms with Gasteiger partial charge in [0.2, 0.25) is 0 Å². The maximum atomic E-state index is 11.0. The van der Waals surface area contributed by atoms with Gasteiger partial charge in [-0.3, -0.25) is 4.79 Å². The second kappa shape index (κ2) is 25.6. The Morgan fingerprint density at radius 3 is 1.11 bits per heavy atom. The van der Waals surface area contributed by atoms with Gasteiger partial charge in [-0.2, -0.15) is 0 Å². The van der Waals surface area contributed by atoms with Crippen molar-refractivity contribution in [3.8, 4) is 45.0 Å². The van der Waals surface area contributed by atoms with Crippen LogP contribution >= 0.6 is 0 Å². The predicted octanol–water partition coefficient (Wildman–Crippen LogP) is 14.7. The molecule has 0 spiro atoms. The zero-order chi connectivity index (χ0) is 47.4. The number of ether oxygens (including phenoxy) is 1. The molecule has 4 aromatic heterocycles. The average Bonchev–Trinajstić information content (AvgIpc) is 4.11. The molecule has 0 radical (unpaired) electrons. The van der Waals surface area contributed by atoms with E-state index in [1.54, 1.807) is 0 Å². The first kappa shape index (κ1) is 50.2. The van der Waals surface area contributed by atoms with Crippen LogP contribution in [0.25, 0.3) is 45.0 Å². The van der Waals surface area contributed by atoms with Crippen LogP contribution in [0.3, 0.4) is 0 Å². The summed E-state index contributed by atoms with van der Waals surface area (Å²) in [7, 11) is 1.40. The Labute approximate surface area is 390 Å². The molecule has 10 heteroatoms. The molecule has 0 fully saturated rings. The molecular formula is C56H66N4O6. The van der Waals surface area contributed by atoms with Crippen molar-refractivity contribution in [2.45, 2.75) is 120 Å². The van der Waals surface area contributed by atoms with E-state index >= 15 is 0 Å². The number of rotatable bonds is 14. The van der Waals surface area contributed by atoms with Gasteiger partial charge in [0.05, 0.1) is 7.11 Å². The van der Waals surface area contributed by atoms with Gasteiger partial charge in [-0.25, -0.2) is 0 Å². The van der Waals surface area contributed by atoms with Crippen molar-refractivity contribution in [1.82, 2.24) is 20.6 Å². The summed E-state index contributed by atoms with van der Waals surface area (Å²) < 4.78 is 25.9. The number of hydrogen-bond acceptors (Lipinski definition) is 10. The Bertz CT molecular complexity index is 2560. The summed E-state index contributed by atoms with van der Waals surface area (Å²) in [6.45, 7) is 18.7. The van der Waals surface area contributed by atoms with E-state index in [1.807, 2.05) is 81.4 Å². The second-order valence-corrected chi connectivity index (χ2v) is 16.6. The Balaban J connectivity index is 0.000000166. The van der Waals surface area contributed by atoms with E-state index in [4.69, 9.17) is 18.1 Å². The summed E-state index contributed by atoms with van der Waals surface area (Å²) in [5, 5.41) is 16.5. The molecule has 0 saturated carbocycles. The molecule has 0 aliphatic carbocycles. The summed E-state index contributed by atoms with van der Waals surface area (Å²) in [4.78, 5) is 11.0. The Morgan fingerprint density at radius 2 is 0.773 bits per heavy atom. The molecule has 0 aliphatic rings. The van der Waals surface area contributed by atoms with Crippen LogP contribution in [0, 0.1) is 48.5 Å². The zero-order valence-corrected chi connectivity index (χ0v) is 40.5. The summed E-state index contributed by atoms with van der Waals surface area (Å²) in [5.41, 5.74) is 15.3. The number of unbranched alkanes of at least 4 members (excludes halogenated alkanes) is 2. The molecule has 4 heterocycles. The molecule has 346 valence electrons. The summed E-state index contributed by atoms with van der Waals surface area (Å²) in [6, 6.07) is 36.8. The summed E-state index contributed by atoms with van der Waals surface area (Å²) in [6.07, 6.45) is 8.45. The SMILES string of the molecule is CCCCc1onc(-c2ccc(C)cc2)c1C.CCCCc1onc(-c2ccc(C)cc2)c1C.COC(=O)CCCc1onc(-c2ccccc2)c1C.Cc1onc(-c2ccccc2)c1C. The minimum Gasteiger partial charge on any atom is -0.469 e. The monoisotopic (exact) mass is 890 g/mol. The lowest BCUT2D eigenvalue weighted by Crippen LogP contribution is -2.00. The maximum Gasteiger partial charge on any atom is 0.305 e. The van der Waals surface area contributed by atoms with Gasteiger partial charge in [0, 0.05) is 70.2 Å². The maximum absolute atomic E-state index is 11.0. The highest BCUT2D eigenvalue weighted by Crippen LogP contribution is 2.29. The highest BCUT2D eigenvalue weighted by atomic mass is 16.5. The van der Waals surface area contributed by atoms with Crippen molar-refractivity contribution < 1.29 is 27.6 Å². The first-order valence-electron chi connectivity index (χ1n) is 23.1. The van der Waals surface area contributed by atoms with Crippen molar-refractivity contribution >= 4 is 5.97 Å².